The number of benzene rings is 2. The highest BCUT2D eigenvalue weighted by Crippen LogP contribution is 2.35. The van der Waals surface area contributed by atoms with Crippen molar-refractivity contribution in [3.05, 3.63) is 60.2 Å². The summed E-state index contributed by atoms with van der Waals surface area (Å²) in [6.07, 6.45) is 0.812. The van der Waals surface area contributed by atoms with Crippen LogP contribution in [0.25, 0.3) is 0 Å². The second kappa shape index (κ2) is 6.10. The lowest BCUT2D eigenvalue weighted by atomic mass is 9.97. The molecule has 4 nitrogen and oxygen atoms in total. The van der Waals surface area contributed by atoms with Gasteiger partial charge in [0.1, 0.15) is 5.75 Å². The lowest BCUT2D eigenvalue weighted by Gasteiger charge is -2.18. The zero-order valence-corrected chi connectivity index (χ0v) is 13.3. The first-order valence-electron chi connectivity index (χ1n) is 7.31. The first-order valence-corrected chi connectivity index (χ1v) is 8.75. The standard InChI is InChI=1S/C17H19NO3S/c1-21-17-10-6-5-9-16(17)14-11-12-18(13-14)22(19,20)15-7-3-2-4-8-15/h2-10,14H,11-13H2,1H3. The van der Waals surface area contributed by atoms with Crippen LogP contribution < -0.4 is 4.74 Å². The number of sulfonamides is 1. The molecule has 1 aliphatic rings. The monoisotopic (exact) mass is 317 g/mol. The molecule has 1 unspecified atom stereocenters. The fourth-order valence-electron chi connectivity index (χ4n) is 2.95. The Morgan fingerprint density at radius 3 is 2.45 bits per heavy atom. The lowest BCUT2D eigenvalue weighted by molar-refractivity contribution is 0.405. The van der Waals surface area contributed by atoms with Crippen molar-refractivity contribution in [3.8, 4) is 5.75 Å². The molecule has 0 bridgehead atoms. The summed E-state index contributed by atoms with van der Waals surface area (Å²) in [5.41, 5.74) is 1.08. The SMILES string of the molecule is COc1ccccc1C1CCN(S(=O)(=O)c2ccccc2)C1. The molecule has 0 radical (unpaired) electrons. The van der Waals surface area contributed by atoms with E-state index >= 15 is 0 Å². The van der Waals surface area contributed by atoms with Gasteiger partial charge in [0, 0.05) is 19.0 Å². The summed E-state index contributed by atoms with van der Waals surface area (Å²) in [4.78, 5) is 0.357. The van der Waals surface area contributed by atoms with Crippen molar-refractivity contribution >= 4 is 10.0 Å². The van der Waals surface area contributed by atoms with Crippen molar-refractivity contribution < 1.29 is 13.2 Å². The van der Waals surface area contributed by atoms with E-state index < -0.39 is 10.0 Å². The highest BCUT2D eigenvalue weighted by atomic mass is 32.2. The maximum atomic E-state index is 12.7. The topological polar surface area (TPSA) is 46.6 Å². The predicted octanol–water partition coefficient (Wildman–Crippen LogP) is 2.87. The van der Waals surface area contributed by atoms with Gasteiger partial charge in [0.25, 0.3) is 0 Å². The first-order chi connectivity index (χ1) is 10.6. The molecule has 116 valence electrons. The Hall–Kier alpha value is -1.85. The lowest BCUT2D eigenvalue weighted by Crippen LogP contribution is -2.28. The minimum absolute atomic E-state index is 0.176. The third-order valence-corrected chi connectivity index (χ3v) is 5.99. The van der Waals surface area contributed by atoms with E-state index in [0.717, 1.165) is 17.7 Å². The van der Waals surface area contributed by atoms with Crippen molar-refractivity contribution in [2.45, 2.75) is 17.2 Å². The fourth-order valence-corrected chi connectivity index (χ4v) is 4.47. The molecule has 5 heteroatoms. The van der Waals surface area contributed by atoms with Gasteiger partial charge in [-0.15, -0.1) is 0 Å². The minimum atomic E-state index is -3.41. The molecule has 1 fully saturated rings. The summed E-state index contributed by atoms with van der Waals surface area (Å²) in [6.45, 7) is 1.04. The average molecular weight is 317 g/mol. The zero-order chi connectivity index (χ0) is 15.6. The third kappa shape index (κ3) is 2.74. The quantitative estimate of drug-likeness (QED) is 0.871. The summed E-state index contributed by atoms with van der Waals surface area (Å²) < 4.78 is 32.3. The van der Waals surface area contributed by atoms with Gasteiger partial charge in [-0.05, 0) is 30.2 Å². The van der Waals surface area contributed by atoms with Crippen molar-refractivity contribution in [1.29, 1.82) is 0 Å². The van der Waals surface area contributed by atoms with E-state index in [0.29, 0.717) is 18.0 Å². The molecule has 1 aliphatic heterocycles. The highest BCUT2D eigenvalue weighted by Gasteiger charge is 2.34. The molecule has 1 atom stereocenters. The van der Waals surface area contributed by atoms with Gasteiger partial charge in [-0.25, -0.2) is 8.42 Å². The van der Waals surface area contributed by atoms with Crippen molar-refractivity contribution in [1.82, 2.24) is 4.31 Å². The van der Waals surface area contributed by atoms with E-state index in [2.05, 4.69) is 0 Å². The van der Waals surface area contributed by atoms with Crippen molar-refractivity contribution in [2.75, 3.05) is 20.2 Å². The number of hydrogen-bond acceptors (Lipinski definition) is 3. The summed E-state index contributed by atoms with van der Waals surface area (Å²) in [5, 5.41) is 0. The normalized spacial score (nSPS) is 19.2. The Kier molecular flexibility index (Phi) is 4.18. The molecule has 22 heavy (non-hydrogen) atoms. The van der Waals surface area contributed by atoms with Crippen LogP contribution in [0, 0.1) is 0 Å². The Morgan fingerprint density at radius 1 is 1.05 bits per heavy atom. The van der Waals surface area contributed by atoms with Crippen LogP contribution in [0.5, 0.6) is 5.75 Å². The first kappa shape index (κ1) is 15.1. The number of para-hydroxylation sites is 1. The van der Waals surface area contributed by atoms with Gasteiger partial charge in [0.15, 0.2) is 0 Å². The van der Waals surface area contributed by atoms with Crippen LogP contribution >= 0.6 is 0 Å². The summed E-state index contributed by atoms with van der Waals surface area (Å²) >= 11 is 0. The largest absolute Gasteiger partial charge is 0.496 e. The maximum absolute atomic E-state index is 12.7. The van der Waals surface area contributed by atoms with E-state index in [1.165, 1.54) is 0 Å². The van der Waals surface area contributed by atoms with Crippen LogP contribution in [0.15, 0.2) is 59.5 Å². The number of rotatable bonds is 4. The van der Waals surface area contributed by atoms with Crippen LogP contribution in [0.2, 0.25) is 0 Å². The minimum Gasteiger partial charge on any atom is -0.496 e. The smallest absolute Gasteiger partial charge is 0.243 e. The molecule has 1 heterocycles. The average Bonchev–Trinajstić information content (AvgIpc) is 3.06. The Bertz CT molecular complexity index is 744. The van der Waals surface area contributed by atoms with E-state index in [1.54, 1.807) is 35.7 Å². The summed E-state index contributed by atoms with van der Waals surface area (Å²) in [6, 6.07) is 16.4. The molecule has 0 aliphatic carbocycles. The van der Waals surface area contributed by atoms with Gasteiger partial charge < -0.3 is 4.74 Å². The van der Waals surface area contributed by atoms with Gasteiger partial charge in [-0.1, -0.05) is 36.4 Å². The van der Waals surface area contributed by atoms with Gasteiger partial charge in [0.2, 0.25) is 10.0 Å². The molecule has 0 spiro atoms. The van der Waals surface area contributed by atoms with Crippen LogP contribution in [-0.2, 0) is 10.0 Å². The fraction of sp³-hybridized carbons (Fsp3) is 0.294. The summed E-state index contributed by atoms with van der Waals surface area (Å²) in [7, 11) is -1.76. The highest BCUT2D eigenvalue weighted by molar-refractivity contribution is 7.89. The second-order valence-corrected chi connectivity index (χ2v) is 7.34. The number of hydrogen-bond donors (Lipinski definition) is 0. The Morgan fingerprint density at radius 2 is 1.73 bits per heavy atom. The zero-order valence-electron chi connectivity index (χ0n) is 12.5. The third-order valence-electron chi connectivity index (χ3n) is 4.11. The molecule has 0 amide bonds. The Balaban J connectivity index is 1.83. The molecule has 2 aromatic carbocycles. The van der Waals surface area contributed by atoms with Crippen molar-refractivity contribution in [3.63, 3.8) is 0 Å². The molecule has 2 aromatic rings. The molecule has 3 rings (SSSR count). The van der Waals surface area contributed by atoms with E-state index in [1.807, 2.05) is 30.3 Å². The number of nitrogens with zero attached hydrogens (tertiary/aromatic N) is 1. The Labute approximate surface area is 131 Å². The van der Waals surface area contributed by atoms with E-state index in [9.17, 15) is 8.42 Å². The van der Waals surface area contributed by atoms with Crippen LogP contribution in [0.1, 0.15) is 17.9 Å². The molecular weight excluding hydrogens is 298 g/mol. The molecule has 0 aromatic heterocycles. The number of methoxy groups -OCH3 is 1. The number of ether oxygens (including phenoxy) is 1. The van der Waals surface area contributed by atoms with Gasteiger partial charge >= 0.3 is 0 Å². The van der Waals surface area contributed by atoms with Crippen LogP contribution in [0.4, 0.5) is 0 Å². The van der Waals surface area contributed by atoms with E-state index in [4.69, 9.17) is 4.74 Å². The maximum Gasteiger partial charge on any atom is 0.243 e. The molecule has 0 N–H and O–H groups in total. The van der Waals surface area contributed by atoms with E-state index in [-0.39, 0.29) is 5.92 Å². The predicted molar refractivity (Wildman–Crippen MR) is 85.6 cm³/mol. The summed E-state index contributed by atoms with van der Waals surface area (Å²) in [5.74, 6) is 1.00. The van der Waals surface area contributed by atoms with Crippen molar-refractivity contribution in [2.24, 2.45) is 0 Å². The van der Waals surface area contributed by atoms with Gasteiger partial charge in [-0.2, -0.15) is 4.31 Å². The van der Waals surface area contributed by atoms with Crippen LogP contribution in [-0.4, -0.2) is 32.9 Å². The van der Waals surface area contributed by atoms with Crippen LogP contribution in [0.3, 0.4) is 0 Å². The van der Waals surface area contributed by atoms with Gasteiger partial charge in [-0.3, -0.25) is 0 Å². The molecule has 1 saturated heterocycles. The second-order valence-electron chi connectivity index (χ2n) is 5.40. The van der Waals surface area contributed by atoms with Gasteiger partial charge in [0.05, 0.1) is 12.0 Å². The molecule has 0 saturated carbocycles. The molecular formula is C17H19NO3S.